The van der Waals surface area contributed by atoms with E-state index >= 15 is 0 Å². The van der Waals surface area contributed by atoms with Crippen LogP contribution in [0, 0.1) is 6.92 Å². The highest BCUT2D eigenvalue weighted by molar-refractivity contribution is 6.00. The molecule has 1 aromatic carbocycles. The van der Waals surface area contributed by atoms with Crippen LogP contribution in [0.3, 0.4) is 0 Å². The Morgan fingerprint density at radius 1 is 1.30 bits per heavy atom. The molecule has 0 aliphatic carbocycles. The van der Waals surface area contributed by atoms with Gasteiger partial charge in [0.2, 0.25) is 0 Å². The van der Waals surface area contributed by atoms with Crippen LogP contribution in [0.1, 0.15) is 18.2 Å². The SMILES string of the molecule is CCOc1ccnc2[nH]c(C)c(-c3ccc4c(c3)N(C)CC4)c12. The molecule has 4 heteroatoms. The van der Waals surface area contributed by atoms with Crippen LogP contribution >= 0.6 is 0 Å². The number of nitrogens with one attached hydrogen (secondary N) is 1. The molecule has 0 fully saturated rings. The number of H-pyrrole nitrogens is 1. The van der Waals surface area contributed by atoms with Crippen molar-refractivity contribution in [3.63, 3.8) is 0 Å². The fraction of sp³-hybridized carbons (Fsp3) is 0.316. The van der Waals surface area contributed by atoms with E-state index in [1.54, 1.807) is 6.20 Å². The summed E-state index contributed by atoms with van der Waals surface area (Å²) in [7, 11) is 2.16. The molecule has 0 bridgehead atoms. The average molecular weight is 307 g/mol. The predicted octanol–water partition coefficient (Wildman–Crippen LogP) is 3.93. The van der Waals surface area contributed by atoms with Crippen molar-refractivity contribution in [2.45, 2.75) is 20.3 Å². The molecule has 1 N–H and O–H groups in total. The van der Waals surface area contributed by atoms with Crippen molar-refractivity contribution in [1.82, 2.24) is 9.97 Å². The number of aromatic amines is 1. The molecular formula is C19H21N3O. The number of aromatic nitrogens is 2. The first-order valence-electron chi connectivity index (χ1n) is 8.13. The zero-order chi connectivity index (χ0) is 16.0. The summed E-state index contributed by atoms with van der Waals surface area (Å²) in [6.07, 6.45) is 2.92. The van der Waals surface area contributed by atoms with Crippen molar-refractivity contribution in [2.24, 2.45) is 0 Å². The number of anilines is 1. The minimum Gasteiger partial charge on any atom is -0.493 e. The van der Waals surface area contributed by atoms with Crippen LogP contribution in [0.15, 0.2) is 30.5 Å². The number of nitrogens with zero attached hydrogens (tertiary/aromatic N) is 2. The lowest BCUT2D eigenvalue weighted by atomic mass is 10.00. The number of pyridine rings is 1. The van der Waals surface area contributed by atoms with Crippen LogP contribution in [0.5, 0.6) is 5.75 Å². The van der Waals surface area contributed by atoms with Gasteiger partial charge >= 0.3 is 0 Å². The third-order valence-electron chi connectivity index (χ3n) is 4.65. The zero-order valence-corrected chi connectivity index (χ0v) is 13.8. The normalized spacial score (nSPS) is 13.6. The number of hydrogen-bond acceptors (Lipinski definition) is 3. The third-order valence-corrected chi connectivity index (χ3v) is 4.65. The Morgan fingerprint density at radius 3 is 3.00 bits per heavy atom. The maximum atomic E-state index is 5.84. The zero-order valence-electron chi connectivity index (χ0n) is 13.8. The molecule has 23 heavy (non-hydrogen) atoms. The van der Waals surface area contributed by atoms with Crippen LogP contribution in [0.4, 0.5) is 5.69 Å². The van der Waals surface area contributed by atoms with Crippen molar-refractivity contribution in [3.8, 4) is 16.9 Å². The van der Waals surface area contributed by atoms with Crippen LogP contribution in [0.2, 0.25) is 0 Å². The molecule has 118 valence electrons. The van der Waals surface area contributed by atoms with Crippen LogP contribution in [-0.4, -0.2) is 30.2 Å². The van der Waals surface area contributed by atoms with Crippen molar-refractivity contribution < 1.29 is 4.74 Å². The Balaban J connectivity index is 1.95. The van der Waals surface area contributed by atoms with E-state index in [-0.39, 0.29) is 0 Å². The van der Waals surface area contributed by atoms with Gasteiger partial charge in [0.15, 0.2) is 0 Å². The van der Waals surface area contributed by atoms with Crippen molar-refractivity contribution in [2.75, 3.05) is 25.1 Å². The lowest BCUT2D eigenvalue weighted by Crippen LogP contribution is -2.12. The van der Waals surface area contributed by atoms with Crippen molar-refractivity contribution in [3.05, 3.63) is 41.7 Å². The molecule has 3 heterocycles. The van der Waals surface area contributed by atoms with E-state index in [1.165, 1.54) is 22.4 Å². The van der Waals surface area contributed by atoms with Crippen LogP contribution in [-0.2, 0) is 6.42 Å². The van der Waals surface area contributed by atoms with Crippen molar-refractivity contribution in [1.29, 1.82) is 0 Å². The Hall–Kier alpha value is -2.49. The molecule has 0 spiro atoms. The molecule has 0 unspecified atom stereocenters. The van der Waals surface area contributed by atoms with Gasteiger partial charge in [0.05, 0.1) is 12.0 Å². The second-order valence-electron chi connectivity index (χ2n) is 6.11. The largest absolute Gasteiger partial charge is 0.493 e. The van der Waals surface area contributed by atoms with Gasteiger partial charge in [-0.1, -0.05) is 12.1 Å². The molecule has 0 atom stereocenters. The first-order chi connectivity index (χ1) is 11.2. The minimum atomic E-state index is 0.649. The lowest BCUT2D eigenvalue weighted by molar-refractivity contribution is 0.344. The quantitative estimate of drug-likeness (QED) is 0.797. The molecule has 0 saturated carbocycles. The number of aryl methyl sites for hydroxylation is 1. The van der Waals surface area contributed by atoms with E-state index in [0.717, 1.165) is 35.4 Å². The highest BCUT2D eigenvalue weighted by atomic mass is 16.5. The smallest absolute Gasteiger partial charge is 0.141 e. The molecule has 0 amide bonds. The van der Waals surface area contributed by atoms with E-state index < -0.39 is 0 Å². The maximum absolute atomic E-state index is 5.84. The molecular weight excluding hydrogens is 286 g/mol. The van der Waals surface area contributed by atoms with E-state index in [2.05, 4.69) is 47.0 Å². The third kappa shape index (κ3) is 2.17. The van der Waals surface area contributed by atoms with Gasteiger partial charge in [0.1, 0.15) is 11.4 Å². The molecule has 1 aliphatic heterocycles. The fourth-order valence-corrected chi connectivity index (χ4v) is 3.54. The summed E-state index contributed by atoms with van der Waals surface area (Å²) < 4.78 is 5.84. The summed E-state index contributed by atoms with van der Waals surface area (Å²) in [5, 5.41) is 1.08. The Bertz CT molecular complexity index is 882. The summed E-state index contributed by atoms with van der Waals surface area (Å²) in [5.74, 6) is 0.894. The molecule has 1 aliphatic rings. The number of rotatable bonds is 3. The number of ether oxygens (including phenoxy) is 1. The first kappa shape index (κ1) is 14.1. The van der Waals surface area contributed by atoms with E-state index in [0.29, 0.717) is 6.61 Å². The van der Waals surface area contributed by atoms with Crippen molar-refractivity contribution >= 4 is 16.7 Å². The molecule has 4 rings (SSSR count). The summed E-state index contributed by atoms with van der Waals surface area (Å²) in [6.45, 7) is 5.85. The Labute approximate surface area is 136 Å². The Morgan fingerprint density at radius 2 is 2.17 bits per heavy atom. The summed E-state index contributed by atoms with van der Waals surface area (Å²) >= 11 is 0. The molecule has 0 saturated heterocycles. The topological polar surface area (TPSA) is 41.1 Å². The van der Waals surface area contributed by atoms with Gasteiger partial charge in [0, 0.05) is 36.7 Å². The fourth-order valence-electron chi connectivity index (χ4n) is 3.54. The highest BCUT2D eigenvalue weighted by Gasteiger charge is 2.20. The number of fused-ring (bicyclic) bond motifs is 2. The monoisotopic (exact) mass is 307 g/mol. The first-order valence-corrected chi connectivity index (χ1v) is 8.13. The predicted molar refractivity (Wildman–Crippen MR) is 94.4 cm³/mol. The second kappa shape index (κ2) is 5.30. The number of likely N-dealkylation sites (N-methyl/N-ethyl adjacent to an activating group) is 1. The number of benzene rings is 1. The minimum absolute atomic E-state index is 0.649. The van der Waals surface area contributed by atoms with E-state index in [4.69, 9.17) is 4.74 Å². The van der Waals surface area contributed by atoms with E-state index in [9.17, 15) is 0 Å². The highest BCUT2D eigenvalue weighted by Crippen LogP contribution is 2.39. The van der Waals surface area contributed by atoms with Gasteiger partial charge in [-0.15, -0.1) is 0 Å². The number of hydrogen-bond donors (Lipinski definition) is 1. The van der Waals surface area contributed by atoms with Gasteiger partial charge in [-0.3, -0.25) is 0 Å². The van der Waals surface area contributed by atoms with Gasteiger partial charge < -0.3 is 14.6 Å². The standard InChI is InChI=1S/C19H21N3O/c1-4-23-16-7-9-20-19-18(16)17(12(2)21-19)14-6-5-13-8-10-22(3)15(13)11-14/h5-7,9,11H,4,8,10H2,1-3H3,(H,20,21). The van der Waals surface area contributed by atoms with Gasteiger partial charge in [-0.25, -0.2) is 4.98 Å². The van der Waals surface area contributed by atoms with E-state index in [1.807, 2.05) is 13.0 Å². The second-order valence-corrected chi connectivity index (χ2v) is 6.11. The molecule has 0 radical (unpaired) electrons. The van der Waals surface area contributed by atoms with Crippen LogP contribution < -0.4 is 9.64 Å². The average Bonchev–Trinajstić information content (AvgIpc) is 3.08. The Kier molecular flexibility index (Phi) is 3.26. The summed E-state index contributed by atoms with van der Waals surface area (Å²) in [5.41, 5.74) is 7.18. The van der Waals surface area contributed by atoms with Gasteiger partial charge in [0.25, 0.3) is 0 Å². The molecule has 3 aromatic rings. The van der Waals surface area contributed by atoms with Gasteiger partial charge in [-0.05, 0) is 43.5 Å². The maximum Gasteiger partial charge on any atom is 0.141 e. The van der Waals surface area contributed by atoms with Crippen LogP contribution in [0.25, 0.3) is 22.2 Å². The van der Waals surface area contributed by atoms with Gasteiger partial charge in [-0.2, -0.15) is 0 Å². The molecule has 4 nitrogen and oxygen atoms in total. The summed E-state index contributed by atoms with van der Waals surface area (Å²) in [6, 6.07) is 8.71. The summed E-state index contributed by atoms with van der Waals surface area (Å²) in [4.78, 5) is 10.2. The molecule has 2 aromatic heterocycles. The lowest BCUT2D eigenvalue weighted by Gasteiger charge is -2.14.